The molecule has 0 saturated carbocycles. The van der Waals surface area contributed by atoms with Crippen molar-refractivity contribution in [3.63, 3.8) is 0 Å². The van der Waals surface area contributed by atoms with Gasteiger partial charge in [-0.1, -0.05) is 115 Å². The molecule has 0 bridgehead atoms. The van der Waals surface area contributed by atoms with E-state index in [-0.39, 0.29) is 0 Å². The van der Waals surface area contributed by atoms with Crippen LogP contribution < -0.4 is 0 Å². The van der Waals surface area contributed by atoms with Crippen LogP contribution >= 0.6 is 0 Å². The van der Waals surface area contributed by atoms with Gasteiger partial charge in [-0.3, -0.25) is 0 Å². The average Bonchev–Trinajstić information content (AvgIpc) is 3.65. The fourth-order valence-corrected chi connectivity index (χ4v) is 7.33. The summed E-state index contributed by atoms with van der Waals surface area (Å²) in [6.07, 6.45) is 0. The molecular weight excluding hydrogens is 536 g/mol. The summed E-state index contributed by atoms with van der Waals surface area (Å²) in [6.45, 7) is 0. The van der Waals surface area contributed by atoms with Crippen molar-refractivity contribution in [2.75, 3.05) is 0 Å². The van der Waals surface area contributed by atoms with Gasteiger partial charge in [-0.15, -0.1) is 0 Å². The van der Waals surface area contributed by atoms with E-state index in [2.05, 4.69) is 133 Å². The fraction of sp³-hybridized carbons (Fsp3) is 0. The molecule has 2 heterocycles. The van der Waals surface area contributed by atoms with Crippen LogP contribution in [-0.4, -0.2) is 0 Å². The molecule has 44 heavy (non-hydrogen) atoms. The molecule has 0 aliphatic carbocycles. The molecule has 0 amide bonds. The lowest BCUT2D eigenvalue weighted by molar-refractivity contribution is 0.663. The molecule has 0 saturated heterocycles. The van der Waals surface area contributed by atoms with Crippen molar-refractivity contribution >= 4 is 76.2 Å². The summed E-state index contributed by atoms with van der Waals surface area (Å²) in [5.41, 5.74) is 8.43. The number of para-hydroxylation sites is 1. The maximum Gasteiger partial charge on any atom is 0.147 e. The van der Waals surface area contributed by atoms with Gasteiger partial charge in [0.25, 0.3) is 0 Å². The molecular formula is C42H24O2. The van der Waals surface area contributed by atoms with Gasteiger partial charge in [0, 0.05) is 21.5 Å². The molecule has 8 aromatic carbocycles. The molecule has 0 fully saturated rings. The van der Waals surface area contributed by atoms with Crippen molar-refractivity contribution in [3.05, 3.63) is 146 Å². The summed E-state index contributed by atoms with van der Waals surface area (Å²) < 4.78 is 13.1. The van der Waals surface area contributed by atoms with Crippen molar-refractivity contribution in [3.8, 4) is 22.3 Å². The topological polar surface area (TPSA) is 26.3 Å². The highest BCUT2D eigenvalue weighted by Gasteiger charge is 2.20. The van der Waals surface area contributed by atoms with Crippen LogP contribution in [0.3, 0.4) is 0 Å². The van der Waals surface area contributed by atoms with E-state index in [1.165, 1.54) is 43.8 Å². The van der Waals surface area contributed by atoms with E-state index in [0.717, 1.165) is 54.6 Å². The first kappa shape index (κ1) is 23.7. The summed E-state index contributed by atoms with van der Waals surface area (Å²) >= 11 is 0. The minimum atomic E-state index is 0.869. The second-order valence-electron chi connectivity index (χ2n) is 11.6. The van der Waals surface area contributed by atoms with E-state index >= 15 is 0 Å². The Hall–Kier alpha value is -5.86. The second kappa shape index (κ2) is 8.82. The third kappa shape index (κ3) is 3.20. The first-order chi connectivity index (χ1) is 21.8. The number of rotatable bonds is 2. The Labute approximate surface area is 252 Å². The van der Waals surface area contributed by atoms with Crippen molar-refractivity contribution in [1.82, 2.24) is 0 Å². The van der Waals surface area contributed by atoms with Gasteiger partial charge in [0.15, 0.2) is 0 Å². The molecule has 0 radical (unpaired) electrons. The van der Waals surface area contributed by atoms with E-state index < -0.39 is 0 Å². The van der Waals surface area contributed by atoms with Gasteiger partial charge in [0.1, 0.15) is 22.3 Å². The molecule has 10 aromatic rings. The predicted molar refractivity (Wildman–Crippen MR) is 184 cm³/mol. The molecule has 0 spiro atoms. The van der Waals surface area contributed by atoms with Crippen molar-refractivity contribution in [2.24, 2.45) is 0 Å². The van der Waals surface area contributed by atoms with Crippen molar-refractivity contribution < 1.29 is 8.83 Å². The first-order valence-corrected chi connectivity index (χ1v) is 15.0. The zero-order chi connectivity index (χ0) is 28.8. The summed E-state index contributed by atoms with van der Waals surface area (Å²) in [4.78, 5) is 0. The lowest BCUT2D eigenvalue weighted by atomic mass is 9.86. The van der Waals surface area contributed by atoms with E-state index in [0.29, 0.717) is 0 Å². The van der Waals surface area contributed by atoms with E-state index in [1.807, 2.05) is 12.1 Å². The van der Waals surface area contributed by atoms with Crippen LogP contribution in [0.15, 0.2) is 154 Å². The molecule has 204 valence electrons. The van der Waals surface area contributed by atoms with Crippen LogP contribution in [0.2, 0.25) is 0 Å². The smallest absolute Gasteiger partial charge is 0.147 e. The van der Waals surface area contributed by atoms with Gasteiger partial charge in [0.05, 0.1) is 5.39 Å². The maximum atomic E-state index is 6.65. The van der Waals surface area contributed by atoms with Gasteiger partial charge < -0.3 is 8.83 Å². The summed E-state index contributed by atoms with van der Waals surface area (Å²) in [5.74, 6) is 0. The van der Waals surface area contributed by atoms with Crippen LogP contribution in [0.4, 0.5) is 0 Å². The van der Waals surface area contributed by atoms with Gasteiger partial charge >= 0.3 is 0 Å². The van der Waals surface area contributed by atoms with Gasteiger partial charge in [-0.2, -0.15) is 0 Å². The highest BCUT2D eigenvalue weighted by atomic mass is 16.3. The SMILES string of the molecule is c1ccc(-c2c3ccccc3c(-c3ccc4oc5c(ccc6ccc7c8ccccc8oc7c65)c4c3)c3ccccc23)cc1. The Bertz CT molecular complexity index is 2700. The number of fused-ring (bicyclic) bond motifs is 11. The van der Waals surface area contributed by atoms with Crippen LogP contribution in [0, 0.1) is 0 Å². The highest BCUT2D eigenvalue weighted by Crippen LogP contribution is 2.46. The lowest BCUT2D eigenvalue weighted by Gasteiger charge is -2.17. The van der Waals surface area contributed by atoms with E-state index in [4.69, 9.17) is 8.83 Å². The molecule has 0 atom stereocenters. The third-order valence-electron chi connectivity index (χ3n) is 9.24. The number of benzene rings is 8. The lowest BCUT2D eigenvalue weighted by Crippen LogP contribution is -1.90. The minimum Gasteiger partial charge on any atom is -0.455 e. The third-order valence-corrected chi connectivity index (χ3v) is 9.24. The van der Waals surface area contributed by atoms with Gasteiger partial charge in [-0.05, 0) is 79.5 Å². The highest BCUT2D eigenvalue weighted by molar-refractivity contribution is 6.26. The molecule has 0 aliphatic heterocycles. The molecule has 2 nitrogen and oxygen atoms in total. The fourth-order valence-electron chi connectivity index (χ4n) is 7.33. The molecule has 2 aromatic heterocycles. The Morgan fingerprint density at radius 2 is 0.818 bits per heavy atom. The molecule has 0 aliphatic rings. The van der Waals surface area contributed by atoms with Crippen molar-refractivity contribution in [1.29, 1.82) is 0 Å². The molecule has 2 heteroatoms. The van der Waals surface area contributed by atoms with Gasteiger partial charge in [-0.25, -0.2) is 0 Å². The predicted octanol–water partition coefficient (Wildman–Crippen LogP) is 12.3. The van der Waals surface area contributed by atoms with E-state index in [9.17, 15) is 0 Å². The van der Waals surface area contributed by atoms with E-state index in [1.54, 1.807) is 0 Å². The minimum absolute atomic E-state index is 0.869. The largest absolute Gasteiger partial charge is 0.455 e. The molecule has 10 rings (SSSR count). The Morgan fingerprint density at radius 1 is 0.318 bits per heavy atom. The number of hydrogen-bond acceptors (Lipinski definition) is 2. The maximum absolute atomic E-state index is 6.65. The average molecular weight is 561 g/mol. The summed E-state index contributed by atoms with van der Waals surface area (Å²) in [5, 5.41) is 11.6. The Morgan fingerprint density at radius 3 is 1.45 bits per heavy atom. The van der Waals surface area contributed by atoms with Gasteiger partial charge in [0.2, 0.25) is 0 Å². The standard InChI is InChI=1S/C42H24O2/c1-2-10-25(11-3-1)38-29-13-4-6-15-31(29)39(32-16-7-5-14-30(32)38)27-20-23-37-35(24-27)34-22-19-26-18-21-33-28-12-8-9-17-36(28)43-41(33)40(26)42(34)44-37/h1-24H. The zero-order valence-corrected chi connectivity index (χ0v) is 23.7. The number of furan rings is 2. The van der Waals surface area contributed by atoms with Crippen molar-refractivity contribution in [2.45, 2.75) is 0 Å². The second-order valence-corrected chi connectivity index (χ2v) is 11.6. The van der Waals surface area contributed by atoms with Crippen LogP contribution in [0.5, 0.6) is 0 Å². The Balaban J connectivity index is 1.29. The zero-order valence-electron chi connectivity index (χ0n) is 23.7. The molecule has 0 N–H and O–H groups in total. The normalized spacial score (nSPS) is 12.1. The van der Waals surface area contributed by atoms with Crippen LogP contribution in [0.1, 0.15) is 0 Å². The first-order valence-electron chi connectivity index (χ1n) is 15.0. The summed E-state index contributed by atoms with van der Waals surface area (Å²) in [7, 11) is 0. The van der Waals surface area contributed by atoms with Crippen LogP contribution in [0.25, 0.3) is 98.4 Å². The quantitative estimate of drug-likeness (QED) is 0.197. The summed E-state index contributed by atoms with van der Waals surface area (Å²) in [6, 6.07) is 51.9. The monoisotopic (exact) mass is 560 g/mol. The van der Waals surface area contributed by atoms with Crippen LogP contribution in [-0.2, 0) is 0 Å². The molecule has 0 unspecified atom stereocenters. The Kier molecular flexibility index (Phi) is 4.75. The number of hydrogen-bond donors (Lipinski definition) is 0.